The van der Waals surface area contributed by atoms with Crippen LogP contribution in [0.1, 0.15) is 5.56 Å². The number of hydrogen-bond acceptors (Lipinski definition) is 7. The number of nitrogens with zero attached hydrogens (tertiary/aromatic N) is 3. The summed E-state index contributed by atoms with van der Waals surface area (Å²) in [7, 11) is 0. The van der Waals surface area contributed by atoms with Crippen molar-refractivity contribution in [1.29, 1.82) is 0 Å². The Balaban J connectivity index is 2.23. The van der Waals surface area contributed by atoms with Crippen LogP contribution in [0, 0.1) is 10.1 Å². The number of rotatable bonds is 5. The van der Waals surface area contributed by atoms with Crippen LogP contribution in [0.15, 0.2) is 35.1 Å². The number of hydrazine groups is 1. The lowest BCUT2D eigenvalue weighted by molar-refractivity contribution is -0.385. The number of hydrogen-bond donors (Lipinski definition) is 2. The van der Waals surface area contributed by atoms with Crippen molar-refractivity contribution in [2.75, 3.05) is 5.43 Å². The Morgan fingerprint density at radius 3 is 2.90 bits per heavy atom. The molecule has 0 atom stereocenters. The van der Waals surface area contributed by atoms with Crippen LogP contribution in [0.2, 0.25) is 0 Å². The van der Waals surface area contributed by atoms with E-state index in [-0.39, 0.29) is 18.3 Å². The second-order valence-corrected chi connectivity index (χ2v) is 4.61. The Bertz CT molecular complexity index is 637. The molecule has 0 unspecified atom stereocenters. The lowest BCUT2D eigenvalue weighted by atomic mass is 10.2. The molecule has 3 N–H and O–H groups in total. The number of nitro groups is 1. The summed E-state index contributed by atoms with van der Waals surface area (Å²) in [6.45, 7) is 0.140. The third kappa shape index (κ3) is 3.19. The van der Waals surface area contributed by atoms with Crippen molar-refractivity contribution in [3.8, 4) is 5.88 Å². The maximum absolute atomic E-state index is 11.0. The van der Waals surface area contributed by atoms with Crippen molar-refractivity contribution < 1.29 is 9.66 Å². The van der Waals surface area contributed by atoms with E-state index in [0.717, 1.165) is 16.4 Å². The lowest BCUT2D eigenvalue weighted by Crippen LogP contribution is -2.12. The van der Waals surface area contributed by atoms with Gasteiger partial charge in [0.2, 0.25) is 5.82 Å². The molecule has 0 saturated heterocycles. The number of aromatic nitrogens is 2. The lowest BCUT2D eigenvalue weighted by Gasteiger charge is -2.07. The molecule has 8 nitrogen and oxygen atoms in total. The van der Waals surface area contributed by atoms with E-state index in [0.29, 0.717) is 0 Å². The van der Waals surface area contributed by atoms with E-state index in [1.165, 1.54) is 0 Å². The summed E-state index contributed by atoms with van der Waals surface area (Å²) in [5.41, 5.74) is 2.59. The third-order valence-corrected chi connectivity index (χ3v) is 2.87. The first-order chi connectivity index (χ1) is 9.61. The van der Waals surface area contributed by atoms with E-state index < -0.39 is 10.6 Å². The van der Waals surface area contributed by atoms with Crippen molar-refractivity contribution in [1.82, 2.24) is 9.97 Å². The molecular weight excluding hydrogens is 330 g/mol. The zero-order valence-corrected chi connectivity index (χ0v) is 11.7. The monoisotopic (exact) mass is 339 g/mol. The average molecular weight is 340 g/mol. The van der Waals surface area contributed by atoms with E-state index >= 15 is 0 Å². The topological polar surface area (TPSA) is 116 Å². The first kappa shape index (κ1) is 14.2. The summed E-state index contributed by atoms with van der Waals surface area (Å²) in [5.74, 6) is 4.93. The Morgan fingerprint density at radius 1 is 1.45 bits per heavy atom. The fraction of sp³-hybridized carbons (Fsp3) is 0.0909. The zero-order chi connectivity index (χ0) is 14.5. The Hall–Kier alpha value is -2.26. The number of nitrogen functional groups attached to an aromatic ring is 1. The van der Waals surface area contributed by atoms with Gasteiger partial charge in [-0.05, 0) is 17.7 Å². The van der Waals surface area contributed by atoms with Crippen LogP contribution in [0.25, 0.3) is 0 Å². The van der Waals surface area contributed by atoms with Gasteiger partial charge in [0.1, 0.15) is 12.9 Å². The second-order valence-electron chi connectivity index (χ2n) is 3.70. The van der Waals surface area contributed by atoms with Gasteiger partial charge in [0.15, 0.2) is 0 Å². The maximum atomic E-state index is 11.0. The average Bonchev–Trinajstić information content (AvgIpc) is 2.44. The number of benzene rings is 1. The molecule has 0 aliphatic rings. The van der Waals surface area contributed by atoms with Gasteiger partial charge in [0.05, 0.1) is 4.92 Å². The molecule has 20 heavy (non-hydrogen) atoms. The summed E-state index contributed by atoms with van der Waals surface area (Å²) < 4.78 is 6.26. The molecule has 1 aromatic heterocycles. The molecule has 9 heteroatoms. The minimum Gasteiger partial charge on any atom is -0.468 e. The Morgan fingerprint density at radius 2 is 2.25 bits per heavy atom. The summed E-state index contributed by atoms with van der Waals surface area (Å²) >= 11 is 3.33. The fourth-order valence-electron chi connectivity index (χ4n) is 1.52. The zero-order valence-electron chi connectivity index (χ0n) is 10.1. The van der Waals surface area contributed by atoms with Gasteiger partial charge in [0, 0.05) is 4.47 Å². The van der Waals surface area contributed by atoms with Crippen molar-refractivity contribution in [3.63, 3.8) is 0 Å². The largest absolute Gasteiger partial charge is 0.468 e. The highest BCUT2D eigenvalue weighted by Gasteiger charge is 2.23. The molecule has 2 rings (SSSR count). The molecule has 2 aromatic rings. The van der Waals surface area contributed by atoms with E-state index in [1.54, 1.807) is 0 Å². The van der Waals surface area contributed by atoms with Crippen LogP contribution in [-0.2, 0) is 6.61 Å². The first-order valence-electron chi connectivity index (χ1n) is 5.45. The van der Waals surface area contributed by atoms with Gasteiger partial charge >= 0.3 is 5.69 Å². The molecule has 0 aliphatic heterocycles. The molecule has 0 fully saturated rings. The molecule has 0 saturated carbocycles. The number of nitrogens with one attached hydrogen (secondary N) is 1. The fourth-order valence-corrected chi connectivity index (χ4v) is 1.96. The highest BCUT2D eigenvalue weighted by atomic mass is 79.9. The van der Waals surface area contributed by atoms with Crippen LogP contribution < -0.4 is 16.0 Å². The summed E-state index contributed by atoms with van der Waals surface area (Å²) in [4.78, 5) is 17.8. The van der Waals surface area contributed by atoms with Gasteiger partial charge in [-0.1, -0.05) is 28.1 Å². The molecule has 104 valence electrons. The van der Waals surface area contributed by atoms with Crippen LogP contribution in [0.4, 0.5) is 11.5 Å². The molecular formula is C11H10BrN5O3. The van der Waals surface area contributed by atoms with Crippen molar-refractivity contribution >= 4 is 27.4 Å². The summed E-state index contributed by atoms with van der Waals surface area (Å²) in [6, 6.07) is 7.38. The van der Waals surface area contributed by atoms with Crippen molar-refractivity contribution in [2.45, 2.75) is 6.61 Å². The molecule has 0 aliphatic carbocycles. The summed E-state index contributed by atoms with van der Waals surface area (Å²) in [6.07, 6.45) is 1.14. The van der Waals surface area contributed by atoms with Gasteiger partial charge in [-0.2, -0.15) is 4.98 Å². The highest BCUT2D eigenvalue weighted by Crippen LogP contribution is 2.30. The normalized spacial score (nSPS) is 10.1. The molecule has 0 amide bonds. The maximum Gasteiger partial charge on any atom is 0.374 e. The number of anilines is 1. The molecule has 1 aromatic carbocycles. The SMILES string of the molecule is NNc1ncnc(OCc2cccc(Br)c2)c1[N+](=O)[O-]. The Labute approximate surface area is 122 Å². The third-order valence-electron chi connectivity index (χ3n) is 2.37. The Kier molecular flexibility index (Phi) is 4.43. The van der Waals surface area contributed by atoms with Crippen LogP contribution in [0.3, 0.4) is 0 Å². The second kappa shape index (κ2) is 6.26. The minimum absolute atomic E-state index is 0.103. The number of nitrogens with two attached hydrogens (primary N) is 1. The molecule has 0 radical (unpaired) electrons. The van der Waals surface area contributed by atoms with Gasteiger partial charge in [-0.15, -0.1) is 0 Å². The van der Waals surface area contributed by atoms with Gasteiger partial charge < -0.3 is 10.2 Å². The highest BCUT2D eigenvalue weighted by molar-refractivity contribution is 9.10. The predicted molar refractivity (Wildman–Crippen MR) is 75.0 cm³/mol. The standard InChI is InChI=1S/C11H10BrN5O3/c12-8-3-1-2-7(4-8)5-20-11-9(17(18)19)10(16-13)14-6-15-11/h1-4,6H,5,13H2,(H,14,15,16). The summed E-state index contributed by atoms with van der Waals surface area (Å²) in [5, 5.41) is 11.0. The van der Waals surface area contributed by atoms with E-state index in [2.05, 4.69) is 31.3 Å². The van der Waals surface area contributed by atoms with Crippen molar-refractivity contribution in [2.24, 2.45) is 5.84 Å². The van der Waals surface area contributed by atoms with Crippen molar-refractivity contribution in [3.05, 3.63) is 50.7 Å². The van der Waals surface area contributed by atoms with Gasteiger partial charge in [-0.3, -0.25) is 10.1 Å². The molecule has 0 spiro atoms. The molecule has 0 bridgehead atoms. The molecule has 1 heterocycles. The smallest absolute Gasteiger partial charge is 0.374 e. The van der Waals surface area contributed by atoms with Crippen LogP contribution in [0.5, 0.6) is 5.88 Å². The quantitative estimate of drug-likeness (QED) is 0.486. The van der Waals surface area contributed by atoms with E-state index in [9.17, 15) is 10.1 Å². The number of halogens is 1. The van der Waals surface area contributed by atoms with E-state index in [1.807, 2.05) is 24.3 Å². The van der Waals surface area contributed by atoms with Crippen LogP contribution in [-0.4, -0.2) is 14.9 Å². The number of ether oxygens (including phenoxy) is 1. The van der Waals surface area contributed by atoms with Crippen LogP contribution >= 0.6 is 15.9 Å². The van der Waals surface area contributed by atoms with E-state index in [4.69, 9.17) is 10.6 Å². The first-order valence-corrected chi connectivity index (χ1v) is 6.24. The predicted octanol–water partition coefficient (Wildman–Crippen LogP) is 2.01. The minimum atomic E-state index is -0.647. The van der Waals surface area contributed by atoms with Gasteiger partial charge in [-0.25, -0.2) is 10.8 Å². The van der Waals surface area contributed by atoms with Gasteiger partial charge in [0.25, 0.3) is 5.88 Å².